The first-order chi connectivity index (χ1) is 13.5. The Hall–Kier alpha value is -3.00. The zero-order chi connectivity index (χ0) is 20.3. The molecule has 0 saturated heterocycles. The van der Waals surface area contributed by atoms with Gasteiger partial charge in [-0.3, -0.25) is 14.3 Å². The number of carbonyl (C=O) groups excluding carboxylic acids is 1. The minimum atomic E-state index is -0.514. The van der Waals surface area contributed by atoms with E-state index < -0.39 is 6.61 Å². The van der Waals surface area contributed by atoms with Gasteiger partial charge in [0.2, 0.25) is 0 Å². The van der Waals surface area contributed by atoms with E-state index in [4.69, 9.17) is 9.84 Å². The number of aromatic amines is 1. The van der Waals surface area contributed by atoms with Gasteiger partial charge in [0.15, 0.2) is 11.3 Å². The number of hydrogen-bond acceptors (Lipinski definition) is 6. The predicted molar refractivity (Wildman–Crippen MR) is 106 cm³/mol. The van der Waals surface area contributed by atoms with Crippen LogP contribution < -0.4 is 10.3 Å². The second-order valence-corrected chi connectivity index (χ2v) is 6.57. The van der Waals surface area contributed by atoms with Crippen LogP contribution in [0.3, 0.4) is 0 Å². The number of nitrogens with zero attached hydrogens (tertiary/aromatic N) is 3. The highest BCUT2D eigenvalue weighted by Gasteiger charge is 2.18. The summed E-state index contributed by atoms with van der Waals surface area (Å²) < 4.78 is 7.25. The molecular weight excluding hydrogens is 360 g/mol. The molecule has 3 aromatic rings. The molecule has 0 spiro atoms. The van der Waals surface area contributed by atoms with Gasteiger partial charge in [0.1, 0.15) is 23.7 Å². The van der Waals surface area contributed by atoms with Crippen LogP contribution in [-0.4, -0.2) is 43.9 Å². The van der Waals surface area contributed by atoms with Crippen LogP contribution in [0.2, 0.25) is 0 Å². The number of nitrogens with one attached hydrogen (secondary N) is 1. The molecule has 0 aliphatic heterocycles. The Kier molecular flexibility index (Phi) is 5.89. The van der Waals surface area contributed by atoms with Crippen molar-refractivity contribution in [3.63, 3.8) is 0 Å². The van der Waals surface area contributed by atoms with Gasteiger partial charge in [0.05, 0.1) is 17.9 Å². The molecule has 0 bridgehead atoms. The number of ether oxygens (including phenoxy) is 1. The van der Waals surface area contributed by atoms with Crippen LogP contribution >= 0.6 is 0 Å². The Morgan fingerprint density at radius 3 is 2.79 bits per heavy atom. The number of hydrogen-bond donors (Lipinski definition) is 2. The van der Waals surface area contributed by atoms with Crippen LogP contribution in [0.15, 0.2) is 23.0 Å². The number of aliphatic hydroxyl groups excluding tert-OH is 1. The van der Waals surface area contributed by atoms with E-state index in [2.05, 4.69) is 15.1 Å². The molecule has 8 nitrogen and oxygen atoms in total. The van der Waals surface area contributed by atoms with Crippen LogP contribution in [0, 0.1) is 0 Å². The van der Waals surface area contributed by atoms with Crippen molar-refractivity contribution in [1.29, 1.82) is 0 Å². The molecule has 0 amide bonds. The van der Waals surface area contributed by atoms with E-state index >= 15 is 0 Å². The molecule has 3 rings (SSSR count). The van der Waals surface area contributed by atoms with Gasteiger partial charge in [-0.1, -0.05) is 19.4 Å². The standard InChI is InChI=1S/C20H24N4O4/c1-4-6-15-17-18(24(3)23-15)20(27)22-19(21-17)14-10-12(9-13(26)11-25)7-8-16(14)28-5-2/h7-8,10,25H,4-6,9,11H2,1-3H3,(H,21,22,27). The highest BCUT2D eigenvalue weighted by Crippen LogP contribution is 2.30. The molecule has 0 radical (unpaired) electrons. The molecule has 0 aliphatic rings. The van der Waals surface area contributed by atoms with E-state index in [0.717, 1.165) is 18.5 Å². The van der Waals surface area contributed by atoms with E-state index in [9.17, 15) is 9.59 Å². The van der Waals surface area contributed by atoms with Gasteiger partial charge in [-0.05, 0) is 31.0 Å². The first kappa shape index (κ1) is 19.8. The largest absolute Gasteiger partial charge is 0.493 e. The Morgan fingerprint density at radius 2 is 2.11 bits per heavy atom. The van der Waals surface area contributed by atoms with E-state index in [1.807, 2.05) is 13.8 Å². The number of fused-ring (bicyclic) bond motifs is 1. The molecule has 2 aromatic heterocycles. The summed E-state index contributed by atoms with van der Waals surface area (Å²) in [4.78, 5) is 31.8. The zero-order valence-corrected chi connectivity index (χ0v) is 16.3. The molecule has 148 valence electrons. The summed E-state index contributed by atoms with van der Waals surface area (Å²) in [6, 6.07) is 5.28. The minimum absolute atomic E-state index is 0.0936. The van der Waals surface area contributed by atoms with Gasteiger partial charge in [-0.25, -0.2) is 4.98 Å². The first-order valence-corrected chi connectivity index (χ1v) is 9.33. The lowest BCUT2D eigenvalue weighted by atomic mass is 10.0. The predicted octanol–water partition coefficient (Wildman–Crippen LogP) is 1.78. The topological polar surface area (TPSA) is 110 Å². The van der Waals surface area contributed by atoms with E-state index in [1.165, 1.54) is 0 Å². The first-order valence-electron chi connectivity index (χ1n) is 9.33. The SMILES string of the molecule is CCCc1nn(C)c2c(=O)[nH]c(-c3cc(CC(=O)CO)ccc3OCC)nc12. The zero-order valence-electron chi connectivity index (χ0n) is 16.3. The summed E-state index contributed by atoms with van der Waals surface area (Å²) in [5, 5.41) is 13.4. The Morgan fingerprint density at radius 1 is 1.32 bits per heavy atom. The highest BCUT2D eigenvalue weighted by atomic mass is 16.5. The lowest BCUT2D eigenvalue weighted by Crippen LogP contribution is -2.13. The van der Waals surface area contributed by atoms with Gasteiger partial charge in [-0.2, -0.15) is 5.10 Å². The van der Waals surface area contributed by atoms with E-state index in [-0.39, 0.29) is 17.8 Å². The molecule has 0 fully saturated rings. The monoisotopic (exact) mass is 384 g/mol. The van der Waals surface area contributed by atoms with Crippen LogP contribution in [0.5, 0.6) is 5.75 Å². The molecule has 28 heavy (non-hydrogen) atoms. The van der Waals surface area contributed by atoms with Crippen molar-refractivity contribution in [1.82, 2.24) is 19.7 Å². The van der Waals surface area contributed by atoms with Crippen molar-refractivity contribution in [2.24, 2.45) is 7.05 Å². The third-order valence-corrected chi connectivity index (χ3v) is 4.43. The average Bonchev–Trinajstić information content (AvgIpc) is 2.99. The van der Waals surface area contributed by atoms with Crippen LogP contribution in [0.1, 0.15) is 31.5 Å². The number of aryl methyl sites for hydroxylation is 2. The van der Waals surface area contributed by atoms with Crippen LogP contribution in [0.4, 0.5) is 0 Å². The van der Waals surface area contributed by atoms with Crippen molar-refractivity contribution in [2.75, 3.05) is 13.2 Å². The van der Waals surface area contributed by atoms with Crippen molar-refractivity contribution in [3.8, 4) is 17.1 Å². The summed E-state index contributed by atoms with van der Waals surface area (Å²) in [5.74, 6) is 0.639. The smallest absolute Gasteiger partial charge is 0.277 e. The van der Waals surface area contributed by atoms with E-state index in [1.54, 1.807) is 29.9 Å². The molecule has 0 unspecified atom stereocenters. The number of aromatic nitrogens is 4. The lowest BCUT2D eigenvalue weighted by Gasteiger charge is -2.12. The highest BCUT2D eigenvalue weighted by molar-refractivity contribution is 5.83. The fraction of sp³-hybridized carbons (Fsp3) is 0.400. The molecular formula is C20H24N4O4. The molecule has 0 saturated carbocycles. The summed E-state index contributed by atoms with van der Waals surface area (Å²) in [7, 11) is 1.73. The summed E-state index contributed by atoms with van der Waals surface area (Å²) in [6.45, 7) is 3.85. The Balaban J connectivity index is 2.19. The number of benzene rings is 1. The fourth-order valence-corrected chi connectivity index (χ4v) is 3.22. The minimum Gasteiger partial charge on any atom is -0.493 e. The molecule has 8 heteroatoms. The molecule has 2 N–H and O–H groups in total. The van der Waals surface area contributed by atoms with Crippen molar-refractivity contribution < 1.29 is 14.6 Å². The van der Waals surface area contributed by atoms with Gasteiger partial charge >= 0.3 is 0 Å². The molecule has 0 aliphatic carbocycles. The van der Waals surface area contributed by atoms with Gasteiger partial charge in [0.25, 0.3) is 5.56 Å². The maximum Gasteiger partial charge on any atom is 0.277 e. The Labute approximate surface area is 162 Å². The fourth-order valence-electron chi connectivity index (χ4n) is 3.22. The van der Waals surface area contributed by atoms with Crippen LogP contribution in [-0.2, 0) is 24.7 Å². The average molecular weight is 384 g/mol. The number of rotatable bonds is 8. The van der Waals surface area contributed by atoms with E-state index in [0.29, 0.717) is 40.3 Å². The van der Waals surface area contributed by atoms with Gasteiger partial charge in [-0.15, -0.1) is 0 Å². The summed E-state index contributed by atoms with van der Waals surface area (Å²) >= 11 is 0. The maximum atomic E-state index is 12.7. The van der Waals surface area contributed by atoms with Crippen LogP contribution in [0.25, 0.3) is 22.4 Å². The number of aliphatic hydroxyl groups is 1. The normalized spacial score (nSPS) is 11.1. The second kappa shape index (κ2) is 8.35. The second-order valence-electron chi connectivity index (χ2n) is 6.57. The van der Waals surface area contributed by atoms with Crippen molar-refractivity contribution >= 4 is 16.8 Å². The molecule has 2 heterocycles. The quantitative estimate of drug-likeness (QED) is 0.613. The third kappa shape index (κ3) is 3.82. The van der Waals surface area contributed by atoms with Crippen molar-refractivity contribution in [3.05, 3.63) is 39.8 Å². The Bertz CT molecular complexity index is 1070. The van der Waals surface area contributed by atoms with Gasteiger partial charge in [0, 0.05) is 13.5 Å². The number of H-pyrrole nitrogens is 1. The molecule has 1 aromatic carbocycles. The molecule has 0 atom stereocenters. The number of carbonyl (C=O) groups is 1. The summed E-state index contributed by atoms with van der Waals surface area (Å²) in [5.41, 5.74) is 2.79. The third-order valence-electron chi connectivity index (χ3n) is 4.43. The maximum absolute atomic E-state index is 12.7. The van der Waals surface area contributed by atoms with Crippen molar-refractivity contribution in [2.45, 2.75) is 33.1 Å². The number of Topliss-reactive ketones (excluding diaryl/α,β-unsaturated/α-hetero) is 1. The summed E-state index contributed by atoms with van der Waals surface area (Å²) in [6.07, 6.45) is 1.70. The lowest BCUT2D eigenvalue weighted by molar-refractivity contribution is -0.121. The number of ketones is 1. The van der Waals surface area contributed by atoms with Gasteiger partial charge < -0.3 is 14.8 Å².